The summed E-state index contributed by atoms with van der Waals surface area (Å²) in [4.78, 5) is 2.57. The van der Waals surface area contributed by atoms with Crippen LogP contribution in [0.1, 0.15) is 43.7 Å². The number of benzene rings is 1. The minimum Gasteiger partial charge on any atom is -0.384 e. The van der Waals surface area contributed by atoms with Crippen molar-refractivity contribution in [3.63, 3.8) is 0 Å². The molecule has 0 saturated heterocycles. The maximum absolute atomic E-state index is 3.56. The zero-order valence-corrected chi connectivity index (χ0v) is 12.3. The summed E-state index contributed by atoms with van der Waals surface area (Å²) in [5, 5.41) is 3.56. The Morgan fingerprint density at radius 3 is 2.79 bits per heavy atom. The van der Waals surface area contributed by atoms with Crippen molar-refractivity contribution >= 4 is 5.69 Å². The minimum atomic E-state index is 0.786. The van der Waals surface area contributed by atoms with Crippen molar-refractivity contribution in [3.8, 4) is 0 Å². The number of anilines is 1. The second kappa shape index (κ2) is 5.54. The molecule has 0 aromatic heterocycles. The van der Waals surface area contributed by atoms with Gasteiger partial charge in [-0.05, 0) is 56.2 Å². The van der Waals surface area contributed by atoms with Gasteiger partial charge in [-0.3, -0.25) is 4.90 Å². The number of rotatable bonds is 3. The molecular formula is C17H26N2. The first-order valence-electron chi connectivity index (χ1n) is 7.79. The van der Waals surface area contributed by atoms with Crippen molar-refractivity contribution in [1.82, 2.24) is 4.90 Å². The molecule has 0 atom stereocenters. The van der Waals surface area contributed by atoms with E-state index < -0.39 is 0 Å². The lowest BCUT2D eigenvalue weighted by atomic mass is 9.86. The van der Waals surface area contributed by atoms with E-state index in [-0.39, 0.29) is 0 Å². The van der Waals surface area contributed by atoms with Crippen LogP contribution in [-0.4, -0.2) is 24.5 Å². The Labute approximate surface area is 117 Å². The van der Waals surface area contributed by atoms with Crippen molar-refractivity contribution in [3.05, 3.63) is 29.3 Å². The fraction of sp³-hybridized carbons (Fsp3) is 0.647. The summed E-state index contributed by atoms with van der Waals surface area (Å²) in [6.45, 7) is 4.59. The molecule has 0 amide bonds. The molecule has 0 bridgehead atoms. The zero-order valence-electron chi connectivity index (χ0n) is 12.3. The molecule has 2 aliphatic rings. The quantitative estimate of drug-likeness (QED) is 0.890. The first-order valence-corrected chi connectivity index (χ1v) is 7.79. The van der Waals surface area contributed by atoms with Crippen LogP contribution in [0.3, 0.4) is 0 Å². The molecule has 3 rings (SSSR count). The highest BCUT2D eigenvalue weighted by molar-refractivity contribution is 5.61. The Balaban J connectivity index is 1.66. The van der Waals surface area contributed by atoms with E-state index in [0.29, 0.717) is 0 Å². The molecule has 104 valence electrons. The fourth-order valence-electron chi connectivity index (χ4n) is 3.62. The highest BCUT2D eigenvalue weighted by Crippen LogP contribution is 2.30. The van der Waals surface area contributed by atoms with Gasteiger partial charge in [0.2, 0.25) is 0 Å². The van der Waals surface area contributed by atoms with Crippen LogP contribution in [-0.2, 0) is 13.0 Å². The predicted octanol–water partition coefficient (Wildman–Crippen LogP) is 3.67. The van der Waals surface area contributed by atoms with Gasteiger partial charge >= 0.3 is 0 Å². The molecular weight excluding hydrogens is 232 g/mol. The fourth-order valence-corrected chi connectivity index (χ4v) is 3.62. The highest BCUT2D eigenvalue weighted by Gasteiger charge is 2.23. The number of nitrogens with zero attached hydrogens (tertiary/aromatic N) is 1. The summed E-state index contributed by atoms with van der Waals surface area (Å²) < 4.78 is 0. The van der Waals surface area contributed by atoms with Gasteiger partial charge in [-0.1, -0.05) is 25.1 Å². The Hall–Kier alpha value is -1.02. The lowest BCUT2D eigenvalue weighted by Gasteiger charge is -2.34. The van der Waals surface area contributed by atoms with Gasteiger partial charge in [-0.15, -0.1) is 0 Å². The van der Waals surface area contributed by atoms with Crippen LogP contribution >= 0.6 is 0 Å². The average Bonchev–Trinajstić information content (AvgIpc) is 2.89. The zero-order chi connectivity index (χ0) is 13.2. The first-order chi connectivity index (χ1) is 9.24. The Kier molecular flexibility index (Phi) is 3.79. The number of hydrogen-bond acceptors (Lipinski definition) is 2. The number of fused-ring (bicyclic) bond motifs is 1. The minimum absolute atomic E-state index is 0.786. The molecule has 1 saturated carbocycles. The van der Waals surface area contributed by atoms with E-state index in [9.17, 15) is 0 Å². The predicted molar refractivity (Wildman–Crippen MR) is 81.5 cm³/mol. The monoisotopic (exact) mass is 258 g/mol. The third-order valence-corrected chi connectivity index (χ3v) is 4.96. The molecule has 1 heterocycles. The van der Waals surface area contributed by atoms with E-state index in [1.165, 1.54) is 48.9 Å². The van der Waals surface area contributed by atoms with Gasteiger partial charge in [-0.25, -0.2) is 0 Å². The van der Waals surface area contributed by atoms with Crippen molar-refractivity contribution in [2.45, 2.75) is 51.6 Å². The van der Waals surface area contributed by atoms with Gasteiger partial charge in [0.25, 0.3) is 0 Å². The molecule has 19 heavy (non-hydrogen) atoms. The van der Waals surface area contributed by atoms with Crippen molar-refractivity contribution in [2.75, 3.05) is 18.9 Å². The molecule has 2 nitrogen and oxygen atoms in total. The average molecular weight is 258 g/mol. The van der Waals surface area contributed by atoms with Gasteiger partial charge in [0, 0.05) is 24.8 Å². The standard InChI is InChI=1S/C17H26N2/c1-13-6-8-16(9-7-13)19(2)12-15-5-3-4-14-10-11-18-17(14)15/h3-5,13,16,18H,6-12H2,1-2H3. The highest BCUT2D eigenvalue weighted by atomic mass is 15.1. The molecule has 1 aromatic carbocycles. The molecule has 1 fully saturated rings. The molecule has 1 N–H and O–H groups in total. The molecule has 0 spiro atoms. The number of hydrogen-bond donors (Lipinski definition) is 1. The van der Waals surface area contributed by atoms with Gasteiger partial charge in [0.15, 0.2) is 0 Å². The third kappa shape index (κ3) is 2.79. The summed E-state index contributed by atoms with van der Waals surface area (Å²) in [6.07, 6.45) is 6.74. The van der Waals surface area contributed by atoms with Crippen molar-refractivity contribution < 1.29 is 0 Å². The van der Waals surface area contributed by atoms with Crippen LogP contribution in [0, 0.1) is 5.92 Å². The normalized spacial score (nSPS) is 26.3. The van der Waals surface area contributed by atoms with Crippen LogP contribution in [0.15, 0.2) is 18.2 Å². The summed E-state index contributed by atoms with van der Waals surface area (Å²) in [6, 6.07) is 7.56. The van der Waals surface area contributed by atoms with Crippen LogP contribution in [0.5, 0.6) is 0 Å². The maximum Gasteiger partial charge on any atom is 0.0419 e. The molecule has 1 aromatic rings. The van der Waals surface area contributed by atoms with E-state index in [2.05, 4.69) is 42.4 Å². The summed E-state index contributed by atoms with van der Waals surface area (Å²) in [7, 11) is 2.30. The Bertz CT molecular complexity index is 433. The summed E-state index contributed by atoms with van der Waals surface area (Å²) in [5.41, 5.74) is 4.40. The SMILES string of the molecule is CC1CCC(N(C)Cc2cccc3c2NCC3)CC1. The summed E-state index contributed by atoms with van der Waals surface area (Å²) in [5.74, 6) is 0.937. The van der Waals surface area contributed by atoms with Gasteiger partial charge < -0.3 is 5.32 Å². The van der Waals surface area contributed by atoms with E-state index >= 15 is 0 Å². The molecule has 2 heteroatoms. The molecule has 1 aliphatic heterocycles. The van der Waals surface area contributed by atoms with Crippen molar-refractivity contribution in [2.24, 2.45) is 5.92 Å². The largest absolute Gasteiger partial charge is 0.384 e. The van der Waals surface area contributed by atoms with Crippen LogP contribution < -0.4 is 5.32 Å². The topological polar surface area (TPSA) is 15.3 Å². The molecule has 0 unspecified atom stereocenters. The maximum atomic E-state index is 3.56. The molecule has 0 radical (unpaired) electrons. The smallest absolute Gasteiger partial charge is 0.0419 e. The summed E-state index contributed by atoms with van der Waals surface area (Å²) >= 11 is 0. The van der Waals surface area contributed by atoms with E-state index in [1.807, 2.05) is 0 Å². The van der Waals surface area contributed by atoms with Crippen LogP contribution in [0.4, 0.5) is 5.69 Å². The lowest BCUT2D eigenvalue weighted by molar-refractivity contribution is 0.164. The van der Waals surface area contributed by atoms with Crippen LogP contribution in [0.25, 0.3) is 0 Å². The first kappa shape index (κ1) is 13.0. The Morgan fingerprint density at radius 1 is 1.21 bits per heavy atom. The number of nitrogens with one attached hydrogen (secondary N) is 1. The number of para-hydroxylation sites is 1. The third-order valence-electron chi connectivity index (χ3n) is 4.96. The van der Waals surface area contributed by atoms with E-state index in [1.54, 1.807) is 0 Å². The molecule has 1 aliphatic carbocycles. The second-order valence-electron chi connectivity index (χ2n) is 6.46. The van der Waals surface area contributed by atoms with E-state index in [0.717, 1.165) is 25.0 Å². The second-order valence-corrected chi connectivity index (χ2v) is 6.46. The van der Waals surface area contributed by atoms with Gasteiger partial charge in [-0.2, -0.15) is 0 Å². The van der Waals surface area contributed by atoms with E-state index in [4.69, 9.17) is 0 Å². The van der Waals surface area contributed by atoms with Gasteiger partial charge in [0.1, 0.15) is 0 Å². The Morgan fingerprint density at radius 2 is 2.00 bits per heavy atom. The van der Waals surface area contributed by atoms with Crippen molar-refractivity contribution in [1.29, 1.82) is 0 Å². The lowest BCUT2D eigenvalue weighted by Crippen LogP contribution is -2.34. The van der Waals surface area contributed by atoms with Gasteiger partial charge in [0.05, 0.1) is 0 Å². The van der Waals surface area contributed by atoms with Crippen LogP contribution in [0.2, 0.25) is 0 Å².